The Morgan fingerprint density at radius 1 is 1.37 bits per heavy atom. The molecule has 0 radical (unpaired) electrons. The Kier molecular flexibility index (Phi) is 3.27. The van der Waals surface area contributed by atoms with Gasteiger partial charge in [-0.05, 0) is 37.0 Å². The van der Waals surface area contributed by atoms with Gasteiger partial charge in [-0.2, -0.15) is 0 Å². The molecule has 2 fully saturated rings. The molecular formula is C15H19ClN2O. The van der Waals surface area contributed by atoms with Crippen LogP contribution in [0.3, 0.4) is 0 Å². The zero-order chi connectivity index (χ0) is 13.5. The van der Waals surface area contributed by atoms with Gasteiger partial charge < -0.3 is 4.90 Å². The van der Waals surface area contributed by atoms with Crippen molar-refractivity contribution in [3.8, 4) is 0 Å². The van der Waals surface area contributed by atoms with E-state index in [4.69, 9.17) is 11.6 Å². The SMILES string of the molecule is CCCCN1C(=O)C2(CC2)NC1c1ccc(Cl)cc1. The van der Waals surface area contributed by atoms with Crippen LogP contribution >= 0.6 is 11.6 Å². The lowest BCUT2D eigenvalue weighted by atomic mass is 10.1. The van der Waals surface area contributed by atoms with Gasteiger partial charge >= 0.3 is 0 Å². The number of amides is 1. The minimum absolute atomic E-state index is 0.0128. The summed E-state index contributed by atoms with van der Waals surface area (Å²) in [6.07, 6.45) is 4.10. The summed E-state index contributed by atoms with van der Waals surface area (Å²) in [6, 6.07) is 7.79. The number of carbonyl (C=O) groups is 1. The van der Waals surface area contributed by atoms with E-state index >= 15 is 0 Å². The summed E-state index contributed by atoms with van der Waals surface area (Å²) >= 11 is 5.93. The molecule has 1 saturated carbocycles. The molecule has 1 unspecified atom stereocenters. The highest BCUT2D eigenvalue weighted by atomic mass is 35.5. The van der Waals surface area contributed by atoms with Gasteiger partial charge in [-0.15, -0.1) is 0 Å². The quantitative estimate of drug-likeness (QED) is 0.918. The molecule has 4 heteroatoms. The zero-order valence-corrected chi connectivity index (χ0v) is 11.9. The van der Waals surface area contributed by atoms with E-state index in [1.54, 1.807) is 0 Å². The lowest BCUT2D eigenvalue weighted by Crippen LogP contribution is -2.32. The zero-order valence-electron chi connectivity index (χ0n) is 11.2. The van der Waals surface area contributed by atoms with E-state index in [0.717, 1.165) is 42.8 Å². The van der Waals surface area contributed by atoms with E-state index in [1.807, 2.05) is 29.2 Å². The summed E-state index contributed by atoms with van der Waals surface area (Å²) < 4.78 is 0. The molecule has 102 valence electrons. The van der Waals surface area contributed by atoms with Crippen molar-refractivity contribution in [2.45, 2.75) is 44.3 Å². The van der Waals surface area contributed by atoms with Crippen LogP contribution in [0.25, 0.3) is 0 Å². The molecule has 19 heavy (non-hydrogen) atoms. The van der Waals surface area contributed by atoms with Crippen LogP contribution in [0.5, 0.6) is 0 Å². The van der Waals surface area contributed by atoms with Crippen LogP contribution < -0.4 is 5.32 Å². The Balaban J connectivity index is 1.85. The van der Waals surface area contributed by atoms with E-state index in [2.05, 4.69) is 12.2 Å². The van der Waals surface area contributed by atoms with E-state index in [1.165, 1.54) is 0 Å². The number of nitrogens with one attached hydrogen (secondary N) is 1. The molecule has 1 spiro atoms. The van der Waals surface area contributed by atoms with Crippen molar-refractivity contribution in [2.75, 3.05) is 6.54 Å². The van der Waals surface area contributed by atoms with Gasteiger partial charge in [-0.1, -0.05) is 37.1 Å². The maximum Gasteiger partial charge on any atom is 0.244 e. The summed E-state index contributed by atoms with van der Waals surface area (Å²) in [5, 5.41) is 4.25. The summed E-state index contributed by atoms with van der Waals surface area (Å²) in [4.78, 5) is 14.5. The highest BCUT2D eigenvalue weighted by molar-refractivity contribution is 6.30. The summed E-state index contributed by atoms with van der Waals surface area (Å²) in [5.41, 5.74) is 0.871. The van der Waals surface area contributed by atoms with Crippen LogP contribution in [0.2, 0.25) is 5.02 Å². The van der Waals surface area contributed by atoms with Crippen molar-refractivity contribution in [1.29, 1.82) is 0 Å². The first-order valence-electron chi connectivity index (χ1n) is 7.00. The third kappa shape index (κ3) is 2.26. The third-order valence-corrected chi connectivity index (χ3v) is 4.34. The fraction of sp³-hybridized carbons (Fsp3) is 0.533. The van der Waals surface area contributed by atoms with Crippen molar-refractivity contribution in [1.82, 2.24) is 10.2 Å². The number of benzene rings is 1. The summed E-state index contributed by atoms with van der Waals surface area (Å²) in [6.45, 7) is 2.98. The Hall–Kier alpha value is -1.06. The van der Waals surface area contributed by atoms with Crippen LogP contribution in [-0.4, -0.2) is 22.9 Å². The van der Waals surface area contributed by atoms with Gasteiger partial charge in [0.05, 0.1) is 0 Å². The molecular weight excluding hydrogens is 260 g/mol. The highest BCUT2D eigenvalue weighted by Crippen LogP contribution is 2.46. The van der Waals surface area contributed by atoms with Crippen molar-refractivity contribution < 1.29 is 4.79 Å². The number of unbranched alkanes of at least 4 members (excludes halogenated alkanes) is 1. The van der Waals surface area contributed by atoms with Gasteiger partial charge in [-0.3, -0.25) is 10.1 Å². The molecule has 3 nitrogen and oxygen atoms in total. The number of carbonyl (C=O) groups excluding carboxylic acids is 1. The smallest absolute Gasteiger partial charge is 0.244 e. The topological polar surface area (TPSA) is 32.3 Å². The molecule has 0 bridgehead atoms. The lowest BCUT2D eigenvalue weighted by Gasteiger charge is -2.24. The molecule has 1 atom stereocenters. The van der Waals surface area contributed by atoms with Crippen LogP contribution in [0.1, 0.15) is 44.3 Å². The predicted molar refractivity (Wildman–Crippen MR) is 75.9 cm³/mol. The predicted octanol–water partition coefficient (Wildman–Crippen LogP) is 3.10. The van der Waals surface area contributed by atoms with Crippen LogP contribution in [0.4, 0.5) is 0 Å². The molecule has 2 aliphatic rings. The Morgan fingerprint density at radius 2 is 2.05 bits per heavy atom. The number of rotatable bonds is 4. The van der Waals surface area contributed by atoms with Gasteiger partial charge in [0.2, 0.25) is 5.91 Å². The van der Waals surface area contributed by atoms with Crippen molar-refractivity contribution in [2.24, 2.45) is 0 Å². The molecule has 1 aromatic rings. The number of halogens is 1. The Bertz CT molecular complexity index is 481. The third-order valence-electron chi connectivity index (χ3n) is 4.08. The van der Waals surface area contributed by atoms with Crippen LogP contribution in [0, 0.1) is 0 Å². The Labute approximate surface area is 118 Å². The van der Waals surface area contributed by atoms with Crippen molar-refractivity contribution in [3.05, 3.63) is 34.9 Å². The summed E-state index contributed by atoms with van der Waals surface area (Å²) in [5.74, 6) is 0.279. The second-order valence-electron chi connectivity index (χ2n) is 5.53. The van der Waals surface area contributed by atoms with Crippen LogP contribution in [-0.2, 0) is 4.79 Å². The average molecular weight is 279 g/mol. The van der Waals surface area contributed by atoms with E-state index in [-0.39, 0.29) is 17.6 Å². The highest BCUT2D eigenvalue weighted by Gasteiger charge is 2.59. The Morgan fingerprint density at radius 3 is 2.63 bits per heavy atom. The first kappa shape index (κ1) is 12.9. The average Bonchev–Trinajstić information content (AvgIpc) is 3.14. The first-order chi connectivity index (χ1) is 9.16. The second kappa shape index (κ2) is 4.80. The fourth-order valence-electron chi connectivity index (χ4n) is 2.74. The largest absolute Gasteiger partial charge is 0.321 e. The maximum atomic E-state index is 12.5. The van der Waals surface area contributed by atoms with Crippen molar-refractivity contribution in [3.63, 3.8) is 0 Å². The molecule has 1 saturated heterocycles. The standard InChI is InChI=1S/C15H19ClN2O/c1-2-3-10-18-13(11-4-6-12(16)7-5-11)17-15(8-9-15)14(18)19/h4-7,13,17H,2-3,8-10H2,1H3. The van der Waals surface area contributed by atoms with E-state index in [0.29, 0.717) is 0 Å². The van der Waals surface area contributed by atoms with Gasteiger partial charge in [0.25, 0.3) is 0 Å². The normalized spacial score (nSPS) is 24.2. The molecule has 1 N–H and O–H groups in total. The molecule has 0 aromatic heterocycles. The molecule has 3 rings (SSSR count). The van der Waals surface area contributed by atoms with Gasteiger partial charge in [0.1, 0.15) is 11.7 Å². The molecule has 1 aromatic carbocycles. The minimum atomic E-state index is -0.252. The molecule has 1 aliphatic carbocycles. The molecule has 1 heterocycles. The minimum Gasteiger partial charge on any atom is -0.321 e. The van der Waals surface area contributed by atoms with Gasteiger partial charge in [0, 0.05) is 11.6 Å². The van der Waals surface area contributed by atoms with E-state index in [9.17, 15) is 4.79 Å². The maximum absolute atomic E-state index is 12.5. The summed E-state index contributed by atoms with van der Waals surface area (Å²) in [7, 11) is 0. The fourth-order valence-corrected chi connectivity index (χ4v) is 2.87. The molecule has 1 aliphatic heterocycles. The second-order valence-corrected chi connectivity index (χ2v) is 5.97. The van der Waals surface area contributed by atoms with Crippen molar-refractivity contribution >= 4 is 17.5 Å². The van der Waals surface area contributed by atoms with Gasteiger partial charge in [-0.25, -0.2) is 0 Å². The number of hydrogen-bond donors (Lipinski definition) is 1. The van der Waals surface area contributed by atoms with E-state index < -0.39 is 0 Å². The van der Waals surface area contributed by atoms with Gasteiger partial charge in [0.15, 0.2) is 0 Å². The lowest BCUT2D eigenvalue weighted by molar-refractivity contribution is -0.130. The first-order valence-corrected chi connectivity index (χ1v) is 7.38. The molecule has 1 amide bonds. The number of hydrogen-bond acceptors (Lipinski definition) is 2. The van der Waals surface area contributed by atoms with Crippen LogP contribution in [0.15, 0.2) is 24.3 Å². The number of nitrogens with zero attached hydrogens (tertiary/aromatic N) is 1. The monoisotopic (exact) mass is 278 g/mol.